The summed E-state index contributed by atoms with van der Waals surface area (Å²) in [4.78, 5) is 0. The summed E-state index contributed by atoms with van der Waals surface area (Å²) < 4.78 is 1.67. The molecule has 0 unspecified atom stereocenters. The predicted molar refractivity (Wildman–Crippen MR) is 44.9 cm³/mol. The molecule has 0 aromatic heterocycles. The molecule has 1 aliphatic rings. The number of unbranched alkanes of at least 4 members (excludes halogenated alkanes) is 2. The predicted octanol–water partition coefficient (Wildman–Crippen LogP) is -2.66. The van der Waals surface area contributed by atoms with Crippen LogP contribution in [-0.4, -0.2) is 0 Å². The fraction of sp³-hybridized carbons (Fsp3) is 0.600. The Morgan fingerprint density at radius 1 is 1.31 bits per heavy atom. The van der Waals surface area contributed by atoms with Crippen molar-refractivity contribution < 1.29 is 49.5 Å². The van der Waals surface area contributed by atoms with Gasteiger partial charge < -0.3 is 24.8 Å². The molecule has 0 saturated carbocycles. The Morgan fingerprint density at radius 2 is 2.00 bits per heavy atom. The first kappa shape index (κ1) is 16.4. The zero-order valence-corrected chi connectivity index (χ0v) is 11.9. The average Bonchev–Trinajstić information content (AvgIpc) is 2.37. The third kappa shape index (κ3) is 6.10. The topological polar surface area (TPSA) is 0 Å². The molecule has 0 fully saturated rings. The number of rotatable bonds is 4. The zero-order valence-electron chi connectivity index (χ0n) is 7.95. The van der Waals surface area contributed by atoms with Gasteiger partial charge in [-0.15, -0.1) is 0 Å². The van der Waals surface area contributed by atoms with Crippen LogP contribution in [0.1, 0.15) is 39.0 Å². The molecule has 3 heteroatoms. The first-order valence-electron chi connectivity index (χ1n) is 4.44. The molecule has 1 rings (SSSR count). The summed E-state index contributed by atoms with van der Waals surface area (Å²) in [6.45, 7) is 2.26. The van der Waals surface area contributed by atoms with Crippen molar-refractivity contribution in [1.29, 1.82) is 0 Å². The fourth-order valence-corrected chi connectivity index (χ4v) is 2.15. The van der Waals surface area contributed by atoms with Crippen LogP contribution < -0.4 is 24.8 Å². The van der Waals surface area contributed by atoms with Gasteiger partial charge in [-0.05, 0) is 0 Å². The molecule has 73 valence electrons. The van der Waals surface area contributed by atoms with Gasteiger partial charge in [-0.2, -0.15) is 0 Å². The van der Waals surface area contributed by atoms with Gasteiger partial charge in [0.2, 0.25) is 0 Å². The molecular formula is C10H15Cl2Zr. The van der Waals surface area contributed by atoms with Crippen molar-refractivity contribution in [3.05, 3.63) is 21.0 Å². The third-order valence-corrected chi connectivity index (χ3v) is 3.37. The van der Waals surface area contributed by atoms with Gasteiger partial charge in [-0.25, -0.2) is 0 Å². The van der Waals surface area contributed by atoms with Gasteiger partial charge in [-0.1, -0.05) is 0 Å². The molecule has 0 amide bonds. The summed E-state index contributed by atoms with van der Waals surface area (Å²) >= 11 is 1.62. The van der Waals surface area contributed by atoms with Crippen molar-refractivity contribution in [2.75, 3.05) is 0 Å². The standard InChI is InChI=1S/C10H15.2ClH.Zr/c1-2-3-4-7-10-8-5-6-9-10;;;/h5,8H,2-4,6-7H2,1H3;2*1H;/q;;;+2/p-2. The molecule has 1 aliphatic carbocycles. The number of hydrogen-bond acceptors (Lipinski definition) is 0. The van der Waals surface area contributed by atoms with Gasteiger partial charge >= 0.3 is 84.8 Å². The van der Waals surface area contributed by atoms with E-state index in [0.717, 1.165) is 0 Å². The fourth-order valence-electron chi connectivity index (χ4n) is 1.35. The van der Waals surface area contributed by atoms with Crippen molar-refractivity contribution in [2.24, 2.45) is 0 Å². The van der Waals surface area contributed by atoms with E-state index in [1.165, 1.54) is 32.1 Å². The van der Waals surface area contributed by atoms with Crippen LogP contribution in [0.2, 0.25) is 0 Å². The number of hydrogen-bond donors (Lipinski definition) is 0. The SMILES string of the molecule is CCCCCC1=[C]([Zr+2])CC=C1.[Cl-].[Cl-]. The summed E-state index contributed by atoms with van der Waals surface area (Å²) in [5.74, 6) is 0. The van der Waals surface area contributed by atoms with Gasteiger partial charge in [0.15, 0.2) is 0 Å². The third-order valence-electron chi connectivity index (χ3n) is 2.08. The molecule has 13 heavy (non-hydrogen) atoms. The Labute approximate surface area is 109 Å². The molecule has 0 aliphatic heterocycles. The maximum absolute atomic E-state index is 2.32. The number of halogens is 2. The van der Waals surface area contributed by atoms with Gasteiger partial charge in [0.05, 0.1) is 0 Å². The molecule has 0 spiro atoms. The van der Waals surface area contributed by atoms with Gasteiger partial charge in [0, 0.05) is 0 Å². The molecule has 0 atom stereocenters. The van der Waals surface area contributed by atoms with E-state index in [1.54, 1.807) is 33.6 Å². The van der Waals surface area contributed by atoms with E-state index >= 15 is 0 Å². The van der Waals surface area contributed by atoms with E-state index in [2.05, 4.69) is 19.1 Å². The van der Waals surface area contributed by atoms with Crippen molar-refractivity contribution >= 4 is 0 Å². The average molecular weight is 297 g/mol. The summed E-state index contributed by atoms with van der Waals surface area (Å²) in [6, 6.07) is 0. The first-order chi connectivity index (χ1) is 5.34. The molecule has 0 saturated heterocycles. The smallest absolute Gasteiger partial charge is 1.00 e. The Kier molecular flexibility index (Phi) is 12.0. The van der Waals surface area contributed by atoms with Crippen LogP contribution in [0.25, 0.3) is 0 Å². The summed E-state index contributed by atoms with van der Waals surface area (Å²) in [6.07, 6.45) is 11.3. The second-order valence-electron chi connectivity index (χ2n) is 3.07. The molecule has 0 nitrogen and oxygen atoms in total. The summed E-state index contributed by atoms with van der Waals surface area (Å²) in [5.41, 5.74) is 1.64. The van der Waals surface area contributed by atoms with Crippen LogP contribution in [0.5, 0.6) is 0 Å². The second kappa shape index (κ2) is 9.50. The van der Waals surface area contributed by atoms with Gasteiger partial charge in [0.1, 0.15) is 0 Å². The minimum absolute atomic E-state index is 0. The van der Waals surface area contributed by atoms with Crippen molar-refractivity contribution in [1.82, 2.24) is 0 Å². The first-order valence-corrected chi connectivity index (χ1v) is 5.67. The molecule has 0 N–H and O–H groups in total. The maximum Gasteiger partial charge on any atom is -1.00 e. The van der Waals surface area contributed by atoms with E-state index in [-0.39, 0.29) is 24.8 Å². The van der Waals surface area contributed by atoms with E-state index in [9.17, 15) is 0 Å². The van der Waals surface area contributed by atoms with E-state index in [0.29, 0.717) is 0 Å². The van der Waals surface area contributed by atoms with Crippen LogP contribution in [-0.2, 0) is 24.7 Å². The molecule has 0 aromatic rings. The van der Waals surface area contributed by atoms with Crippen LogP contribution in [0.3, 0.4) is 0 Å². The Morgan fingerprint density at radius 3 is 2.46 bits per heavy atom. The molecule has 0 bridgehead atoms. The van der Waals surface area contributed by atoms with Crippen LogP contribution in [0, 0.1) is 0 Å². The quantitative estimate of drug-likeness (QED) is 0.497. The maximum atomic E-state index is 2.32. The van der Waals surface area contributed by atoms with E-state index < -0.39 is 0 Å². The summed E-state index contributed by atoms with van der Waals surface area (Å²) in [7, 11) is 0. The normalized spacial score (nSPS) is 14.1. The van der Waals surface area contributed by atoms with Crippen LogP contribution in [0.4, 0.5) is 0 Å². The Hall–Kier alpha value is 0.943. The van der Waals surface area contributed by atoms with Crippen molar-refractivity contribution in [3.63, 3.8) is 0 Å². The zero-order chi connectivity index (χ0) is 8.10. The van der Waals surface area contributed by atoms with Gasteiger partial charge in [0.25, 0.3) is 0 Å². The molecule has 0 radical (unpaired) electrons. The van der Waals surface area contributed by atoms with E-state index in [4.69, 9.17) is 0 Å². The summed E-state index contributed by atoms with van der Waals surface area (Å²) in [5, 5.41) is 0. The Bertz CT molecular complexity index is 185. The van der Waals surface area contributed by atoms with Crippen molar-refractivity contribution in [3.8, 4) is 0 Å². The molecule has 0 heterocycles. The van der Waals surface area contributed by atoms with Crippen molar-refractivity contribution in [2.45, 2.75) is 39.0 Å². The monoisotopic (exact) mass is 295 g/mol. The molecular weight excluding hydrogens is 282 g/mol. The van der Waals surface area contributed by atoms with Gasteiger partial charge in [-0.3, -0.25) is 0 Å². The number of allylic oxidation sites excluding steroid dienone is 4. The minimum Gasteiger partial charge on any atom is -1.00 e. The minimum atomic E-state index is 0. The molecule has 0 aromatic carbocycles. The largest absolute Gasteiger partial charge is 1.00 e. The van der Waals surface area contributed by atoms with E-state index in [1.807, 2.05) is 0 Å². The van der Waals surface area contributed by atoms with Crippen LogP contribution in [0.15, 0.2) is 21.0 Å². The van der Waals surface area contributed by atoms with Crippen LogP contribution >= 0.6 is 0 Å². The second-order valence-corrected chi connectivity index (χ2v) is 4.55. The Balaban J connectivity index is 0.